The third kappa shape index (κ3) is 2.22. The summed E-state index contributed by atoms with van der Waals surface area (Å²) in [6, 6.07) is 1.61. The summed E-state index contributed by atoms with van der Waals surface area (Å²) in [5, 5.41) is 4.07. The third-order valence-corrected chi connectivity index (χ3v) is 2.80. The van der Waals surface area contributed by atoms with Gasteiger partial charge in [0, 0.05) is 6.54 Å². The van der Waals surface area contributed by atoms with Crippen molar-refractivity contribution in [2.75, 3.05) is 17.6 Å². The molecule has 1 saturated carbocycles. The lowest BCUT2D eigenvalue weighted by atomic mass is 10.4. The van der Waals surface area contributed by atoms with Crippen LogP contribution >= 0.6 is 23.2 Å². The molecule has 14 heavy (non-hydrogen) atoms. The quantitative estimate of drug-likeness (QED) is 0.842. The zero-order chi connectivity index (χ0) is 10.1. The van der Waals surface area contributed by atoms with Gasteiger partial charge in [-0.1, -0.05) is 23.2 Å². The van der Waals surface area contributed by atoms with Gasteiger partial charge in [0.1, 0.15) is 11.6 Å². The van der Waals surface area contributed by atoms with Crippen molar-refractivity contribution in [2.24, 2.45) is 5.92 Å². The van der Waals surface area contributed by atoms with Gasteiger partial charge in [0.2, 0.25) is 0 Å². The molecule has 0 atom stereocenters. The van der Waals surface area contributed by atoms with Crippen LogP contribution in [0.4, 0.5) is 11.6 Å². The van der Waals surface area contributed by atoms with E-state index in [1.54, 1.807) is 6.07 Å². The maximum atomic E-state index is 5.94. The minimum Gasteiger partial charge on any atom is -0.382 e. The minimum absolute atomic E-state index is 0.314. The highest BCUT2D eigenvalue weighted by molar-refractivity contribution is 6.37. The molecule has 1 aliphatic carbocycles. The first-order valence-corrected chi connectivity index (χ1v) is 5.28. The number of nitrogens with one attached hydrogen (secondary N) is 1. The predicted molar refractivity (Wildman–Crippen MR) is 59.9 cm³/mol. The zero-order valence-electron chi connectivity index (χ0n) is 7.56. The van der Waals surface area contributed by atoms with Crippen molar-refractivity contribution >= 4 is 34.8 Å². The van der Waals surface area contributed by atoms with Gasteiger partial charge in [-0.3, -0.25) is 0 Å². The van der Waals surface area contributed by atoms with Gasteiger partial charge in [-0.05, 0) is 24.8 Å². The van der Waals surface area contributed by atoms with Crippen LogP contribution in [0.5, 0.6) is 0 Å². The molecule has 1 heterocycles. The van der Waals surface area contributed by atoms with Crippen molar-refractivity contribution in [1.82, 2.24) is 4.98 Å². The van der Waals surface area contributed by atoms with E-state index in [4.69, 9.17) is 28.9 Å². The average molecular weight is 232 g/mol. The topological polar surface area (TPSA) is 50.9 Å². The van der Waals surface area contributed by atoms with Gasteiger partial charge < -0.3 is 11.1 Å². The van der Waals surface area contributed by atoms with E-state index < -0.39 is 0 Å². The second-order valence-corrected chi connectivity index (χ2v) is 4.32. The number of pyridine rings is 1. The van der Waals surface area contributed by atoms with E-state index >= 15 is 0 Å². The van der Waals surface area contributed by atoms with Gasteiger partial charge in [-0.25, -0.2) is 4.98 Å². The first-order chi connectivity index (χ1) is 6.66. The molecule has 1 aromatic heterocycles. The summed E-state index contributed by atoms with van der Waals surface area (Å²) < 4.78 is 0. The van der Waals surface area contributed by atoms with E-state index in [1.807, 2.05) is 0 Å². The molecule has 0 aliphatic heterocycles. The normalized spacial score (nSPS) is 15.6. The fraction of sp³-hybridized carbons (Fsp3) is 0.444. The molecule has 0 saturated heterocycles. The highest BCUT2D eigenvalue weighted by Gasteiger charge is 2.21. The molecule has 1 fully saturated rings. The van der Waals surface area contributed by atoms with Gasteiger partial charge in [0.25, 0.3) is 0 Å². The van der Waals surface area contributed by atoms with Crippen LogP contribution in [-0.2, 0) is 0 Å². The number of hydrogen-bond acceptors (Lipinski definition) is 3. The summed E-state index contributed by atoms with van der Waals surface area (Å²) in [5.74, 6) is 1.71. The van der Waals surface area contributed by atoms with Crippen molar-refractivity contribution in [3.8, 4) is 0 Å². The monoisotopic (exact) mass is 231 g/mol. The van der Waals surface area contributed by atoms with E-state index in [0.717, 1.165) is 12.5 Å². The Morgan fingerprint density at radius 1 is 1.43 bits per heavy atom. The summed E-state index contributed by atoms with van der Waals surface area (Å²) >= 11 is 11.7. The molecule has 3 N–H and O–H groups in total. The Hall–Kier alpha value is -0.670. The Balaban J connectivity index is 2.10. The van der Waals surface area contributed by atoms with Crippen LogP contribution in [0, 0.1) is 5.92 Å². The first kappa shape index (κ1) is 9.87. The maximum absolute atomic E-state index is 5.94. The molecule has 2 rings (SSSR count). The van der Waals surface area contributed by atoms with Crippen LogP contribution in [0.15, 0.2) is 6.07 Å². The molecule has 0 aromatic carbocycles. The number of rotatable bonds is 3. The van der Waals surface area contributed by atoms with Crippen LogP contribution in [0.2, 0.25) is 10.0 Å². The van der Waals surface area contributed by atoms with Crippen molar-refractivity contribution in [3.63, 3.8) is 0 Å². The maximum Gasteiger partial charge on any atom is 0.147 e. The molecule has 3 nitrogen and oxygen atoms in total. The summed E-state index contributed by atoms with van der Waals surface area (Å²) in [6.07, 6.45) is 2.57. The molecular formula is C9H11Cl2N3. The lowest BCUT2D eigenvalue weighted by Gasteiger charge is -2.08. The van der Waals surface area contributed by atoms with Gasteiger partial charge in [0.05, 0.1) is 10.0 Å². The Bertz CT molecular complexity index is 350. The smallest absolute Gasteiger partial charge is 0.147 e. The summed E-state index contributed by atoms with van der Waals surface area (Å²) in [7, 11) is 0. The molecular weight excluding hydrogens is 221 g/mol. The van der Waals surface area contributed by atoms with E-state index in [-0.39, 0.29) is 0 Å². The largest absolute Gasteiger partial charge is 0.382 e. The molecule has 0 amide bonds. The molecule has 0 unspecified atom stereocenters. The fourth-order valence-electron chi connectivity index (χ4n) is 1.17. The Labute approximate surface area is 92.6 Å². The molecule has 0 radical (unpaired) electrons. The van der Waals surface area contributed by atoms with Crippen molar-refractivity contribution < 1.29 is 0 Å². The van der Waals surface area contributed by atoms with E-state index in [1.165, 1.54) is 12.8 Å². The summed E-state index contributed by atoms with van der Waals surface area (Å²) in [6.45, 7) is 0.911. The lowest BCUT2D eigenvalue weighted by Crippen LogP contribution is -2.06. The Kier molecular flexibility index (Phi) is 2.70. The number of nitrogens with two attached hydrogens (primary N) is 1. The van der Waals surface area contributed by atoms with E-state index in [9.17, 15) is 0 Å². The van der Waals surface area contributed by atoms with E-state index in [0.29, 0.717) is 21.7 Å². The first-order valence-electron chi connectivity index (χ1n) is 4.52. The van der Waals surface area contributed by atoms with Crippen LogP contribution < -0.4 is 11.1 Å². The van der Waals surface area contributed by atoms with E-state index in [2.05, 4.69) is 10.3 Å². The van der Waals surface area contributed by atoms with Gasteiger partial charge in [-0.15, -0.1) is 0 Å². The number of anilines is 2. The predicted octanol–water partition coefficient (Wildman–Crippen LogP) is 2.79. The highest BCUT2D eigenvalue weighted by atomic mass is 35.5. The van der Waals surface area contributed by atoms with Gasteiger partial charge in [-0.2, -0.15) is 0 Å². The van der Waals surface area contributed by atoms with Crippen molar-refractivity contribution in [2.45, 2.75) is 12.8 Å². The number of nitrogen functional groups attached to an aromatic ring is 1. The second-order valence-electron chi connectivity index (χ2n) is 3.51. The third-order valence-electron chi connectivity index (χ3n) is 2.21. The standard InChI is InChI=1S/C9H11Cl2N3/c10-6-3-7(11)9(14-8(6)12)13-4-5-1-2-5/h3,5H,1-2,4H2,(H3,12,13,14). The second kappa shape index (κ2) is 3.83. The molecule has 76 valence electrons. The number of halogens is 2. The number of hydrogen-bond donors (Lipinski definition) is 2. The van der Waals surface area contributed by atoms with Gasteiger partial charge in [0.15, 0.2) is 0 Å². The summed E-state index contributed by atoms with van der Waals surface area (Å²) in [4.78, 5) is 4.07. The Morgan fingerprint density at radius 3 is 2.79 bits per heavy atom. The summed E-state index contributed by atoms with van der Waals surface area (Å²) in [5.41, 5.74) is 5.57. The lowest BCUT2D eigenvalue weighted by molar-refractivity contribution is 0.883. The van der Waals surface area contributed by atoms with Crippen LogP contribution in [-0.4, -0.2) is 11.5 Å². The Morgan fingerprint density at radius 2 is 2.14 bits per heavy atom. The molecule has 1 aliphatic rings. The fourth-order valence-corrected chi connectivity index (χ4v) is 1.59. The van der Waals surface area contributed by atoms with Crippen LogP contribution in [0.3, 0.4) is 0 Å². The van der Waals surface area contributed by atoms with Crippen LogP contribution in [0.25, 0.3) is 0 Å². The molecule has 0 spiro atoms. The van der Waals surface area contributed by atoms with Crippen molar-refractivity contribution in [1.29, 1.82) is 0 Å². The number of nitrogens with zero attached hydrogens (tertiary/aromatic N) is 1. The minimum atomic E-state index is 0.314. The zero-order valence-corrected chi connectivity index (χ0v) is 9.07. The van der Waals surface area contributed by atoms with Crippen molar-refractivity contribution in [3.05, 3.63) is 16.1 Å². The highest BCUT2D eigenvalue weighted by Crippen LogP contribution is 2.31. The van der Waals surface area contributed by atoms with Crippen LogP contribution in [0.1, 0.15) is 12.8 Å². The number of aromatic nitrogens is 1. The average Bonchev–Trinajstić information content (AvgIpc) is 2.92. The molecule has 5 heteroatoms. The SMILES string of the molecule is Nc1nc(NCC2CC2)c(Cl)cc1Cl. The van der Waals surface area contributed by atoms with Gasteiger partial charge >= 0.3 is 0 Å². The molecule has 0 bridgehead atoms. The molecule has 1 aromatic rings.